The summed E-state index contributed by atoms with van der Waals surface area (Å²) in [5.74, 6) is -0.731. The van der Waals surface area contributed by atoms with Gasteiger partial charge in [-0.15, -0.1) is 0 Å². The molecule has 0 radical (unpaired) electrons. The molecular formula is C15H19FN2OS. The second-order valence-electron chi connectivity index (χ2n) is 5.42. The molecular weight excluding hydrogens is 275 g/mol. The van der Waals surface area contributed by atoms with Gasteiger partial charge in [0.15, 0.2) is 0 Å². The van der Waals surface area contributed by atoms with Gasteiger partial charge in [-0.25, -0.2) is 4.39 Å². The number of carbonyl (C=O) groups is 1. The maximum Gasteiger partial charge on any atom is 0.252 e. The minimum absolute atomic E-state index is 0.309. The van der Waals surface area contributed by atoms with Crippen LogP contribution in [0.1, 0.15) is 48.0 Å². The van der Waals surface area contributed by atoms with Crippen LogP contribution in [0.3, 0.4) is 0 Å². The minimum atomic E-state index is -0.622. The molecule has 0 unspecified atom stereocenters. The van der Waals surface area contributed by atoms with E-state index in [1.807, 2.05) is 0 Å². The zero-order valence-electron chi connectivity index (χ0n) is 11.5. The number of rotatable bonds is 3. The van der Waals surface area contributed by atoms with Gasteiger partial charge in [0.25, 0.3) is 5.91 Å². The largest absolute Gasteiger partial charge is 0.391 e. The molecule has 0 bridgehead atoms. The molecule has 3 nitrogen and oxygen atoms in total. The molecule has 0 saturated heterocycles. The number of benzene rings is 1. The van der Waals surface area contributed by atoms with Crippen LogP contribution in [0.15, 0.2) is 18.2 Å². The van der Waals surface area contributed by atoms with E-state index in [1.54, 1.807) is 13.0 Å². The third kappa shape index (κ3) is 2.98. The van der Waals surface area contributed by atoms with Crippen molar-refractivity contribution in [3.05, 3.63) is 35.1 Å². The van der Waals surface area contributed by atoms with E-state index < -0.39 is 11.4 Å². The third-order valence-electron chi connectivity index (χ3n) is 3.98. The van der Waals surface area contributed by atoms with Crippen LogP contribution in [0.25, 0.3) is 0 Å². The quantitative estimate of drug-likeness (QED) is 0.843. The Labute approximate surface area is 123 Å². The zero-order chi connectivity index (χ0) is 14.8. The first-order chi connectivity index (χ1) is 9.44. The lowest BCUT2D eigenvalue weighted by molar-refractivity contribution is 0.0907. The molecule has 1 aromatic carbocycles. The van der Waals surface area contributed by atoms with Crippen LogP contribution >= 0.6 is 12.2 Å². The Bertz CT molecular complexity index is 539. The maximum atomic E-state index is 13.3. The molecule has 1 fully saturated rings. The Morgan fingerprint density at radius 1 is 1.35 bits per heavy atom. The van der Waals surface area contributed by atoms with Gasteiger partial charge in [-0.1, -0.05) is 37.5 Å². The van der Waals surface area contributed by atoms with Crippen molar-refractivity contribution in [1.29, 1.82) is 0 Å². The van der Waals surface area contributed by atoms with E-state index in [0.717, 1.165) is 37.7 Å². The van der Waals surface area contributed by atoms with E-state index in [-0.39, 0.29) is 5.91 Å². The predicted molar refractivity (Wildman–Crippen MR) is 81.2 cm³/mol. The van der Waals surface area contributed by atoms with Crippen LogP contribution < -0.4 is 11.1 Å². The highest BCUT2D eigenvalue weighted by atomic mass is 32.1. The van der Waals surface area contributed by atoms with E-state index in [1.165, 1.54) is 12.1 Å². The van der Waals surface area contributed by atoms with Gasteiger partial charge >= 0.3 is 0 Å². The van der Waals surface area contributed by atoms with Crippen LogP contribution in [0.5, 0.6) is 0 Å². The van der Waals surface area contributed by atoms with Gasteiger partial charge in [0, 0.05) is 5.56 Å². The first kappa shape index (κ1) is 14.9. The Morgan fingerprint density at radius 3 is 2.60 bits per heavy atom. The van der Waals surface area contributed by atoms with Crippen molar-refractivity contribution in [2.45, 2.75) is 44.6 Å². The summed E-state index contributed by atoms with van der Waals surface area (Å²) in [6.07, 6.45) is 4.60. The van der Waals surface area contributed by atoms with Gasteiger partial charge in [0.1, 0.15) is 5.82 Å². The summed E-state index contributed by atoms with van der Waals surface area (Å²) in [6, 6.07) is 4.19. The van der Waals surface area contributed by atoms with Crippen LogP contribution in [0, 0.1) is 12.7 Å². The standard InChI is InChI=1S/C15H19FN2OS/c1-10-5-6-11(16)9-12(10)13(19)18-15(14(17)20)7-3-2-4-8-15/h5-6,9H,2-4,7-8H2,1H3,(H2,17,20)(H,18,19). The van der Waals surface area contributed by atoms with E-state index >= 15 is 0 Å². The van der Waals surface area contributed by atoms with E-state index in [9.17, 15) is 9.18 Å². The highest BCUT2D eigenvalue weighted by Crippen LogP contribution is 2.29. The topological polar surface area (TPSA) is 55.1 Å². The van der Waals surface area contributed by atoms with E-state index in [2.05, 4.69) is 5.32 Å². The molecule has 1 amide bonds. The summed E-state index contributed by atoms with van der Waals surface area (Å²) in [6.45, 7) is 1.78. The molecule has 0 spiro atoms. The fraction of sp³-hybridized carbons (Fsp3) is 0.467. The van der Waals surface area contributed by atoms with Crippen LogP contribution in [0.2, 0.25) is 0 Å². The fourth-order valence-electron chi connectivity index (χ4n) is 2.71. The number of hydrogen-bond acceptors (Lipinski definition) is 2. The summed E-state index contributed by atoms with van der Waals surface area (Å²) in [5.41, 5.74) is 6.29. The highest BCUT2D eigenvalue weighted by molar-refractivity contribution is 7.80. The molecule has 1 aromatic rings. The van der Waals surface area contributed by atoms with Crippen LogP contribution in [0.4, 0.5) is 4.39 Å². The molecule has 1 saturated carbocycles. The van der Waals surface area contributed by atoms with Crippen molar-refractivity contribution in [2.24, 2.45) is 5.73 Å². The average molecular weight is 294 g/mol. The minimum Gasteiger partial charge on any atom is -0.391 e. The second-order valence-corrected chi connectivity index (χ2v) is 5.86. The monoisotopic (exact) mass is 294 g/mol. The molecule has 108 valence electrons. The molecule has 20 heavy (non-hydrogen) atoms. The van der Waals surface area contributed by atoms with Crippen molar-refractivity contribution in [1.82, 2.24) is 5.32 Å². The van der Waals surface area contributed by atoms with Gasteiger partial charge in [-0.2, -0.15) is 0 Å². The Balaban J connectivity index is 2.24. The second kappa shape index (κ2) is 5.87. The number of aryl methyl sites for hydroxylation is 1. The van der Waals surface area contributed by atoms with Gasteiger partial charge in [0.2, 0.25) is 0 Å². The number of halogens is 1. The number of hydrogen-bond donors (Lipinski definition) is 2. The van der Waals surface area contributed by atoms with Crippen molar-refractivity contribution >= 4 is 23.1 Å². The van der Waals surface area contributed by atoms with Crippen molar-refractivity contribution in [3.8, 4) is 0 Å². The lowest BCUT2D eigenvalue weighted by Gasteiger charge is -2.37. The van der Waals surface area contributed by atoms with Crippen molar-refractivity contribution in [3.63, 3.8) is 0 Å². The van der Waals surface area contributed by atoms with E-state index in [4.69, 9.17) is 18.0 Å². The summed E-state index contributed by atoms with van der Waals surface area (Å²) in [5, 5.41) is 2.94. The summed E-state index contributed by atoms with van der Waals surface area (Å²) in [7, 11) is 0. The first-order valence-corrected chi connectivity index (χ1v) is 7.24. The summed E-state index contributed by atoms with van der Waals surface area (Å²) >= 11 is 5.14. The number of carbonyl (C=O) groups excluding carboxylic acids is 1. The Morgan fingerprint density at radius 2 is 2.00 bits per heavy atom. The summed E-state index contributed by atoms with van der Waals surface area (Å²) in [4.78, 5) is 12.7. The predicted octanol–water partition coefficient (Wildman–Crippen LogP) is 2.85. The fourth-order valence-corrected chi connectivity index (χ4v) is 2.97. The van der Waals surface area contributed by atoms with Crippen LogP contribution in [-0.4, -0.2) is 16.4 Å². The number of thiocarbonyl (C=S) groups is 1. The van der Waals surface area contributed by atoms with E-state index in [0.29, 0.717) is 10.6 Å². The lowest BCUT2D eigenvalue weighted by atomic mass is 9.81. The zero-order valence-corrected chi connectivity index (χ0v) is 12.4. The molecule has 0 heterocycles. The van der Waals surface area contributed by atoms with Crippen molar-refractivity contribution < 1.29 is 9.18 Å². The molecule has 1 aliphatic rings. The molecule has 0 aliphatic heterocycles. The van der Waals surface area contributed by atoms with Crippen molar-refractivity contribution in [2.75, 3.05) is 0 Å². The third-order valence-corrected chi connectivity index (χ3v) is 4.37. The molecule has 0 aromatic heterocycles. The number of amides is 1. The normalized spacial score (nSPS) is 17.5. The van der Waals surface area contributed by atoms with Crippen LogP contribution in [-0.2, 0) is 0 Å². The van der Waals surface area contributed by atoms with Gasteiger partial charge in [-0.05, 0) is 37.5 Å². The van der Waals surface area contributed by atoms with Gasteiger partial charge < -0.3 is 11.1 Å². The molecule has 3 N–H and O–H groups in total. The summed E-state index contributed by atoms with van der Waals surface area (Å²) < 4.78 is 13.3. The maximum absolute atomic E-state index is 13.3. The average Bonchev–Trinajstić information content (AvgIpc) is 2.42. The SMILES string of the molecule is Cc1ccc(F)cc1C(=O)NC1(C(N)=S)CCCCC1. The molecule has 2 rings (SSSR count). The number of nitrogens with two attached hydrogens (primary N) is 1. The van der Waals surface area contributed by atoms with Gasteiger partial charge in [-0.3, -0.25) is 4.79 Å². The molecule has 1 aliphatic carbocycles. The highest BCUT2D eigenvalue weighted by Gasteiger charge is 2.36. The first-order valence-electron chi connectivity index (χ1n) is 6.83. The van der Waals surface area contributed by atoms with Gasteiger partial charge in [0.05, 0.1) is 10.5 Å². The lowest BCUT2D eigenvalue weighted by Crippen LogP contribution is -2.57. The number of nitrogens with one attached hydrogen (secondary N) is 1. The Kier molecular flexibility index (Phi) is 4.38. The smallest absolute Gasteiger partial charge is 0.252 e. The molecule has 5 heteroatoms. The molecule has 0 atom stereocenters. The Hall–Kier alpha value is -1.49.